The molecule has 1 saturated carbocycles. The van der Waals surface area contributed by atoms with E-state index in [4.69, 9.17) is 0 Å². The van der Waals surface area contributed by atoms with Crippen molar-refractivity contribution in [3.63, 3.8) is 0 Å². The molecule has 94 valence electrons. The third-order valence-electron chi connectivity index (χ3n) is 3.71. The van der Waals surface area contributed by atoms with Gasteiger partial charge < -0.3 is 10.4 Å². The van der Waals surface area contributed by atoms with Crippen molar-refractivity contribution in [2.45, 2.75) is 6.42 Å². The van der Waals surface area contributed by atoms with Crippen LogP contribution in [0.3, 0.4) is 0 Å². The molecule has 3 rings (SSSR count). The van der Waals surface area contributed by atoms with Crippen LogP contribution in [0.4, 0.5) is 5.13 Å². The fourth-order valence-electron chi connectivity index (χ4n) is 2.99. The van der Waals surface area contributed by atoms with Gasteiger partial charge in [0.2, 0.25) is 5.91 Å². The van der Waals surface area contributed by atoms with Gasteiger partial charge >= 0.3 is 5.97 Å². The van der Waals surface area contributed by atoms with Crippen LogP contribution < -0.4 is 5.32 Å². The lowest BCUT2D eigenvalue weighted by Crippen LogP contribution is -2.36. The van der Waals surface area contributed by atoms with Gasteiger partial charge in [0.25, 0.3) is 0 Å². The number of aliphatic carboxylic acids is 1. The molecule has 0 radical (unpaired) electrons. The third kappa shape index (κ3) is 1.73. The molecule has 1 heterocycles. The van der Waals surface area contributed by atoms with Gasteiger partial charge in [-0.2, -0.15) is 0 Å². The molecule has 1 fully saturated rings. The third-order valence-corrected chi connectivity index (χ3v) is 4.40. The normalized spacial score (nSPS) is 32.7. The quantitative estimate of drug-likeness (QED) is 0.813. The van der Waals surface area contributed by atoms with Crippen molar-refractivity contribution in [1.82, 2.24) is 4.98 Å². The Hall–Kier alpha value is -1.69. The highest BCUT2D eigenvalue weighted by molar-refractivity contribution is 7.13. The van der Waals surface area contributed by atoms with Crippen molar-refractivity contribution in [3.8, 4) is 0 Å². The first-order chi connectivity index (χ1) is 8.66. The van der Waals surface area contributed by atoms with Crippen LogP contribution in [0.25, 0.3) is 0 Å². The van der Waals surface area contributed by atoms with Gasteiger partial charge in [0.15, 0.2) is 5.13 Å². The number of rotatable bonds is 3. The van der Waals surface area contributed by atoms with Gasteiger partial charge in [0, 0.05) is 11.6 Å². The molecule has 0 aliphatic heterocycles. The van der Waals surface area contributed by atoms with Crippen molar-refractivity contribution in [1.29, 1.82) is 0 Å². The number of allylic oxidation sites excluding steroid dienone is 2. The number of nitrogens with one attached hydrogen (secondary N) is 1. The number of hydrogen-bond donors (Lipinski definition) is 2. The summed E-state index contributed by atoms with van der Waals surface area (Å²) in [6.45, 7) is 0. The lowest BCUT2D eigenvalue weighted by atomic mass is 9.82. The number of amides is 1. The molecule has 0 aromatic carbocycles. The van der Waals surface area contributed by atoms with E-state index in [0.29, 0.717) is 5.13 Å². The van der Waals surface area contributed by atoms with Gasteiger partial charge in [-0.15, -0.1) is 11.3 Å². The molecule has 4 atom stereocenters. The molecular weight excluding hydrogens is 252 g/mol. The summed E-state index contributed by atoms with van der Waals surface area (Å²) in [6.07, 6.45) is 6.27. The van der Waals surface area contributed by atoms with Crippen LogP contribution in [0, 0.1) is 23.7 Å². The van der Waals surface area contributed by atoms with Gasteiger partial charge in [-0.25, -0.2) is 4.98 Å². The van der Waals surface area contributed by atoms with Crippen molar-refractivity contribution >= 4 is 28.3 Å². The number of carboxylic acids is 1. The van der Waals surface area contributed by atoms with Gasteiger partial charge in [-0.1, -0.05) is 12.2 Å². The number of anilines is 1. The molecule has 5 nitrogen and oxygen atoms in total. The van der Waals surface area contributed by atoms with Crippen LogP contribution in [-0.4, -0.2) is 22.0 Å². The standard InChI is InChI=1S/C12H12N2O3S/c15-10(14-12-13-3-4-18-12)8-6-1-2-7(5-6)9(8)11(16)17/h1-4,6-9H,5H2,(H,16,17)(H,13,14,15)/t6-,7-,8-,9-/m0/s1. The Morgan fingerprint density at radius 2 is 2.06 bits per heavy atom. The van der Waals surface area contributed by atoms with Crippen molar-refractivity contribution < 1.29 is 14.7 Å². The minimum Gasteiger partial charge on any atom is -0.481 e. The average molecular weight is 264 g/mol. The monoisotopic (exact) mass is 264 g/mol. The molecule has 0 saturated heterocycles. The number of fused-ring (bicyclic) bond motifs is 2. The predicted molar refractivity (Wildman–Crippen MR) is 66.1 cm³/mol. The SMILES string of the molecule is O=C(O)[C@@H]1[C@@H](C(=O)Nc2nccs2)[C@H]2C=C[C@H]1C2. The Labute approximate surface area is 108 Å². The van der Waals surface area contributed by atoms with Crippen LogP contribution in [0.5, 0.6) is 0 Å². The Balaban J connectivity index is 1.80. The van der Waals surface area contributed by atoms with E-state index in [0.717, 1.165) is 6.42 Å². The van der Waals surface area contributed by atoms with Crippen molar-refractivity contribution in [2.75, 3.05) is 5.32 Å². The summed E-state index contributed by atoms with van der Waals surface area (Å²) in [5.41, 5.74) is 0. The van der Waals surface area contributed by atoms with E-state index in [2.05, 4.69) is 10.3 Å². The number of nitrogens with zero attached hydrogens (tertiary/aromatic N) is 1. The van der Waals surface area contributed by atoms with E-state index < -0.39 is 17.8 Å². The maximum atomic E-state index is 12.2. The first kappa shape index (κ1) is 11.4. The molecule has 2 aliphatic rings. The molecular formula is C12H12N2O3S. The average Bonchev–Trinajstić information content (AvgIpc) is 3.03. The smallest absolute Gasteiger partial charge is 0.307 e. The maximum absolute atomic E-state index is 12.2. The zero-order chi connectivity index (χ0) is 12.7. The number of carboxylic acid groups (broad SMARTS) is 1. The number of hydrogen-bond acceptors (Lipinski definition) is 4. The number of carbonyl (C=O) groups is 2. The summed E-state index contributed by atoms with van der Waals surface area (Å²) in [5.74, 6) is -2.13. The van der Waals surface area contributed by atoms with Crippen LogP contribution in [-0.2, 0) is 9.59 Å². The number of thiazole rings is 1. The first-order valence-corrected chi connectivity index (χ1v) is 6.66. The Morgan fingerprint density at radius 1 is 1.33 bits per heavy atom. The molecule has 1 aromatic rings. The van der Waals surface area contributed by atoms with Crippen LogP contribution in [0.2, 0.25) is 0 Å². The fourth-order valence-corrected chi connectivity index (χ4v) is 3.52. The molecule has 0 unspecified atom stereocenters. The van der Waals surface area contributed by atoms with Gasteiger partial charge in [0.1, 0.15) is 0 Å². The summed E-state index contributed by atoms with van der Waals surface area (Å²) in [7, 11) is 0. The summed E-state index contributed by atoms with van der Waals surface area (Å²) in [5, 5.41) is 14.3. The van der Waals surface area contributed by atoms with Crippen molar-refractivity contribution in [2.24, 2.45) is 23.7 Å². The lowest BCUT2D eigenvalue weighted by molar-refractivity contribution is -0.146. The highest BCUT2D eigenvalue weighted by atomic mass is 32.1. The van der Waals surface area contributed by atoms with E-state index in [1.807, 2.05) is 12.2 Å². The highest BCUT2D eigenvalue weighted by Crippen LogP contribution is 2.48. The highest BCUT2D eigenvalue weighted by Gasteiger charge is 2.51. The fraction of sp³-hybridized carbons (Fsp3) is 0.417. The molecule has 1 amide bonds. The topological polar surface area (TPSA) is 79.3 Å². The summed E-state index contributed by atoms with van der Waals surface area (Å²) >= 11 is 1.33. The molecule has 6 heteroatoms. The van der Waals surface area contributed by atoms with E-state index in [9.17, 15) is 14.7 Å². The lowest BCUT2D eigenvalue weighted by Gasteiger charge is -2.23. The van der Waals surface area contributed by atoms with Crippen LogP contribution >= 0.6 is 11.3 Å². The summed E-state index contributed by atoms with van der Waals surface area (Å²) in [4.78, 5) is 27.4. The molecule has 2 bridgehead atoms. The Bertz CT molecular complexity index is 511. The zero-order valence-corrected chi connectivity index (χ0v) is 10.3. The van der Waals surface area contributed by atoms with Crippen LogP contribution in [0.15, 0.2) is 23.7 Å². The Kier molecular flexibility index (Phi) is 2.66. The second kappa shape index (κ2) is 4.20. The van der Waals surface area contributed by atoms with Crippen molar-refractivity contribution in [3.05, 3.63) is 23.7 Å². The zero-order valence-electron chi connectivity index (χ0n) is 9.45. The van der Waals surface area contributed by atoms with E-state index in [-0.39, 0.29) is 17.7 Å². The molecule has 18 heavy (non-hydrogen) atoms. The molecule has 1 aromatic heterocycles. The largest absolute Gasteiger partial charge is 0.481 e. The second-order valence-electron chi connectivity index (χ2n) is 4.66. The number of carbonyl (C=O) groups excluding carboxylic acids is 1. The predicted octanol–water partition coefficient (Wildman–Crippen LogP) is 1.60. The molecule has 2 N–H and O–H groups in total. The maximum Gasteiger partial charge on any atom is 0.307 e. The minimum atomic E-state index is -0.883. The molecule has 2 aliphatic carbocycles. The minimum absolute atomic E-state index is 0.000421. The summed E-state index contributed by atoms with van der Waals surface area (Å²) in [6, 6.07) is 0. The van der Waals surface area contributed by atoms with Gasteiger partial charge in [-0.3, -0.25) is 9.59 Å². The Morgan fingerprint density at radius 3 is 2.67 bits per heavy atom. The second-order valence-corrected chi connectivity index (χ2v) is 5.56. The van der Waals surface area contributed by atoms with E-state index in [1.165, 1.54) is 11.3 Å². The first-order valence-electron chi connectivity index (χ1n) is 5.78. The number of aromatic nitrogens is 1. The van der Waals surface area contributed by atoms with E-state index in [1.54, 1.807) is 11.6 Å². The van der Waals surface area contributed by atoms with E-state index >= 15 is 0 Å². The summed E-state index contributed by atoms with van der Waals surface area (Å²) < 4.78 is 0. The van der Waals surface area contributed by atoms with Gasteiger partial charge in [-0.05, 0) is 18.3 Å². The molecule has 0 spiro atoms. The van der Waals surface area contributed by atoms with Crippen LogP contribution in [0.1, 0.15) is 6.42 Å². The van der Waals surface area contributed by atoms with Gasteiger partial charge in [0.05, 0.1) is 11.8 Å².